The highest BCUT2D eigenvalue weighted by atomic mass is 32.2. The van der Waals surface area contributed by atoms with Crippen LogP contribution in [-0.2, 0) is 9.59 Å². The molecule has 1 aliphatic rings. The topological polar surface area (TPSA) is 109 Å². The molecule has 0 radical (unpaired) electrons. The highest BCUT2D eigenvalue weighted by molar-refractivity contribution is 8.26. The molecule has 1 atom stereocenters. The van der Waals surface area contributed by atoms with Crippen molar-refractivity contribution >= 4 is 52.2 Å². The fraction of sp³-hybridized carbons (Fsp3) is 0.105. The maximum absolute atomic E-state index is 12.7. The van der Waals surface area contributed by atoms with E-state index < -0.39 is 23.9 Å². The number of carbonyl (C=O) groups is 3. The van der Waals surface area contributed by atoms with Crippen molar-refractivity contribution in [1.29, 1.82) is 0 Å². The zero-order valence-electron chi connectivity index (χ0n) is 15.1. The molecule has 29 heavy (non-hydrogen) atoms. The van der Waals surface area contributed by atoms with Crippen molar-refractivity contribution in [3.05, 3.63) is 64.8 Å². The van der Waals surface area contributed by atoms with Crippen molar-refractivity contribution in [3.63, 3.8) is 0 Å². The van der Waals surface area contributed by atoms with E-state index in [2.05, 4.69) is 10.4 Å². The Hall–Kier alpha value is -3.24. The van der Waals surface area contributed by atoms with Crippen LogP contribution in [0.4, 0.5) is 0 Å². The summed E-state index contributed by atoms with van der Waals surface area (Å²) < 4.78 is 5.60. The number of aromatic nitrogens is 1. The number of pyridine rings is 1. The normalized spacial score (nSPS) is 16.0. The van der Waals surface area contributed by atoms with E-state index in [9.17, 15) is 14.4 Å². The van der Waals surface area contributed by atoms with Gasteiger partial charge in [-0.1, -0.05) is 30.0 Å². The van der Waals surface area contributed by atoms with Gasteiger partial charge in [0, 0.05) is 18.0 Å². The van der Waals surface area contributed by atoms with Crippen molar-refractivity contribution in [2.24, 2.45) is 0 Å². The van der Waals surface area contributed by atoms with E-state index in [1.807, 2.05) is 0 Å². The quantitative estimate of drug-likeness (QED) is 0.533. The highest BCUT2D eigenvalue weighted by Crippen LogP contribution is 2.33. The predicted molar refractivity (Wildman–Crippen MR) is 111 cm³/mol. The first kappa shape index (κ1) is 20.5. The summed E-state index contributed by atoms with van der Waals surface area (Å²) in [6.07, 6.45) is 3.39. The van der Waals surface area contributed by atoms with Gasteiger partial charge in [0.25, 0.3) is 11.8 Å². The standard InChI is InChI=1S/C19H15N3O5S2/c1-11(18(25)26)27-14-7-3-2-5-12(14)9-15-17(24)22(19(28)29-15)21-16(23)13-6-4-8-20-10-13/h2-11H,1H3,(H,21,23)(H,25,26)/b15-9+. The van der Waals surface area contributed by atoms with Crippen molar-refractivity contribution in [2.75, 3.05) is 0 Å². The van der Waals surface area contributed by atoms with E-state index in [-0.39, 0.29) is 14.8 Å². The third kappa shape index (κ3) is 4.79. The van der Waals surface area contributed by atoms with Gasteiger partial charge in [0.1, 0.15) is 5.75 Å². The van der Waals surface area contributed by atoms with E-state index in [0.717, 1.165) is 16.8 Å². The van der Waals surface area contributed by atoms with Gasteiger partial charge in [0.2, 0.25) is 0 Å². The molecule has 2 heterocycles. The van der Waals surface area contributed by atoms with Crippen LogP contribution < -0.4 is 10.2 Å². The van der Waals surface area contributed by atoms with Gasteiger partial charge in [0.15, 0.2) is 10.4 Å². The van der Waals surface area contributed by atoms with Crippen LogP contribution in [-0.4, -0.2) is 43.3 Å². The van der Waals surface area contributed by atoms with Crippen LogP contribution in [0.2, 0.25) is 0 Å². The van der Waals surface area contributed by atoms with E-state index in [4.69, 9.17) is 22.1 Å². The summed E-state index contributed by atoms with van der Waals surface area (Å²) in [6, 6.07) is 9.89. The number of hydrogen-bond acceptors (Lipinski definition) is 7. The summed E-state index contributed by atoms with van der Waals surface area (Å²) >= 11 is 6.22. The second-order valence-corrected chi connectivity index (χ2v) is 7.51. The number of thioether (sulfide) groups is 1. The molecule has 2 aromatic rings. The minimum Gasteiger partial charge on any atom is -0.479 e. The number of aliphatic carboxylic acids is 1. The highest BCUT2D eigenvalue weighted by Gasteiger charge is 2.34. The van der Waals surface area contributed by atoms with Crippen LogP contribution in [0.25, 0.3) is 6.08 Å². The monoisotopic (exact) mass is 429 g/mol. The molecule has 1 aliphatic heterocycles. The first-order valence-corrected chi connectivity index (χ1v) is 9.56. The van der Waals surface area contributed by atoms with Crippen molar-refractivity contribution in [1.82, 2.24) is 15.4 Å². The van der Waals surface area contributed by atoms with E-state index >= 15 is 0 Å². The van der Waals surface area contributed by atoms with Gasteiger partial charge >= 0.3 is 5.97 Å². The smallest absolute Gasteiger partial charge is 0.344 e. The molecule has 1 aromatic heterocycles. The molecule has 0 aliphatic carbocycles. The van der Waals surface area contributed by atoms with Gasteiger partial charge in [-0.2, -0.15) is 5.01 Å². The maximum atomic E-state index is 12.7. The first-order chi connectivity index (χ1) is 13.9. The van der Waals surface area contributed by atoms with Gasteiger partial charge in [-0.15, -0.1) is 0 Å². The Balaban J connectivity index is 1.80. The summed E-state index contributed by atoms with van der Waals surface area (Å²) in [7, 11) is 0. The number of amides is 2. The zero-order chi connectivity index (χ0) is 21.0. The van der Waals surface area contributed by atoms with Crippen molar-refractivity contribution in [3.8, 4) is 5.75 Å². The number of nitrogens with one attached hydrogen (secondary N) is 1. The van der Waals surface area contributed by atoms with Crippen LogP contribution in [0.1, 0.15) is 22.8 Å². The lowest BCUT2D eigenvalue weighted by Crippen LogP contribution is -2.44. The molecule has 2 amide bonds. The number of hydrogen-bond donors (Lipinski definition) is 2. The number of thiocarbonyl (C=S) groups is 1. The molecule has 2 N–H and O–H groups in total. The van der Waals surface area contributed by atoms with E-state index in [0.29, 0.717) is 11.3 Å². The van der Waals surface area contributed by atoms with E-state index in [1.54, 1.807) is 42.5 Å². The predicted octanol–water partition coefficient (Wildman–Crippen LogP) is 2.48. The summed E-state index contributed by atoms with van der Waals surface area (Å²) in [6.45, 7) is 1.41. The average Bonchev–Trinajstić information content (AvgIpc) is 2.97. The fourth-order valence-electron chi connectivity index (χ4n) is 2.32. The molecule has 148 valence electrons. The van der Waals surface area contributed by atoms with Gasteiger partial charge in [-0.05, 0) is 43.4 Å². The Labute approximate surface area is 175 Å². The number of ether oxygens (including phenoxy) is 1. The molecule has 0 saturated carbocycles. The van der Waals surface area contributed by atoms with Crippen LogP contribution in [0.3, 0.4) is 0 Å². The molecule has 1 aromatic carbocycles. The molecule has 8 nitrogen and oxygen atoms in total. The molecule has 0 spiro atoms. The maximum Gasteiger partial charge on any atom is 0.344 e. The molecule has 1 fully saturated rings. The van der Waals surface area contributed by atoms with Gasteiger partial charge in [-0.25, -0.2) is 4.79 Å². The number of hydrazine groups is 1. The first-order valence-electron chi connectivity index (χ1n) is 8.34. The third-order valence-corrected chi connectivity index (χ3v) is 5.09. The SMILES string of the molecule is CC(Oc1ccccc1/C=C1/SC(=S)N(NC(=O)c2cccnc2)C1=O)C(=O)O. The number of rotatable bonds is 6. The Morgan fingerprint density at radius 3 is 2.76 bits per heavy atom. The minimum atomic E-state index is -1.11. The van der Waals surface area contributed by atoms with Crippen molar-refractivity contribution in [2.45, 2.75) is 13.0 Å². The largest absolute Gasteiger partial charge is 0.479 e. The lowest BCUT2D eigenvalue weighted by molar-refractivity contribution is -0.144. The van der Waals surface area contributed by atoms with Crippen LogP contribution in [0.5, 0.6) is 5.75 Å². The number of carboxylic acid groups (broad SMARTS) is 1. The second kappa shape index (κ2) is 8.84. The minimum absolute atomic E-state index is 0.163. The summed E-state index contributed by atoms with van der Waals surface area (Å²) in [5.74, 6) is -1.82. The second-order valence-electron chi connectivity index (χ2n) is 5.84. The molecule has 1 unspecified atom stereocenters. The Morgan fingerprint density at radius 1 is 1.31 bits per heavy atom. The summed E-state index contributed by atoms with van der Waals surface area (Å²) in [5, 5.41) is 10.0. The lowest BCUT2D eigenvalue weighted by atomic mass is 10.2. The van der Waals surface area contributed by atoms with Gasteiger partial charge in [0.05, 0.1) is 10.5 Å². The Morgan fingerprint density at radius 2 is 2.07 bits per heavy atom. The molecular formula is C19H15N3O5S2. The summed E-state index contributed by atoms with van der Waals surface area (Å²) in [4.78, 5) is 40.2. The van der Waals surface area contributed by atoms with Gasteiger partial charge < -0.3 is 9.84 Å². The Bertz CT molecular complexity index is 1010. The number of carboxylic acids is 1. The molecule has 3 rings (SSSR count). The van der Waals surface area contributed by atoms with Crippen LogP contribution in [0.15, 0.2) is 53.7 Å². The molecule has 1 saturated heterocycles. The average molecular weight is 429 g/mol. The lowest BCUT2D eigenvalue weighted by Gasteiger charge is -2.15. The Kier molecular flexibility index (Phi) is 6.25. The van der Waals surface area contributed by atoms with Gasteiger partial charge in [-0.3, -0.25) is 20.0 Å². The molecular weight excluding hydrogens is 414 g/mol. The van der Waals surface area contributed by atoms with Crippen LogP contribution >= 0.6 is 24.0 Å². The third-order valence-electron chi connectivity index (χ3n) is 3.79. The number of benzene rings is 1. The number of carbonyl (C=O) groups excluding carboxylic acids is 2. The summed E-state index contributed by atoms with van der Waals surface area (Å²) in [5.41, 5.74) is 3.26. The number of nitrogens with zero attached hydrogens (tertiary/aromatic N) is 2. The molecule has 0 bridgehead atoms. The fourth-order valence-corrected chi connectivity index (χ4v) is 3.49. The number of para-hydroxylation sites is 1. The van der Waals surface area contributed by atoms with Crippen LogP contribution in [0, 0.1) is 0 Å². The molecule has 10 heteroatoms. The van der Waals surface area contributed by atoms with Crippen molar-refractivity contribution < 1.29 is 24.2 Å². The zero-order valence-corrected chi connectivity index (χ0v) is 16.7. The van der Waals surface area contributed by atoms with E-state index in [1.165, 1.54) is 19.3 Å².